The summed E-state index contributed by atoms with van der Waals surface area (Å²) in [6, 6.07) is 9.87. The van der Waals surface area contributed by atoms with Gasteiger partial charge in [0.05, 0.1) is 30.2 Å². The number of aryl methyl sites for hydroxylation is 1. The molecule has 0 saturated carbocycles. The lowest BCUT2D eigenvalue weighted by Gasteiger charge is -2.15. The van der Waals surface area contributed by atoms with Gasteiger partial charge in [0, 0.05) is 16.6 Å². The van der Waals surface area contributed by atoms with Crippen molar-refractivity contribution in [3.63, 3.8) is 0 Å². The number of benzene rings is 2. The maximum Gasteiger partial charge on any atom is 0.418 e. The van der Waals surface area contributed by atoms with Gasteiger partial charge in [-0.1, -0.05) is 13.8 Å². The Hall–Kier alpha value is -4.01. The third-order valence-corrected chi connectivity index (χ3v) is 5.62. The van der Waals surface area contributed by atoms with Crippen LogP contribution in [0.4, 0.5) is 24.5 Å². The van der Waals surface area contributed by atoms with Gasteiger partial charge in [-0.3, -0.25) is 9.59 Å². The van der Waals surface area contributed by atoms with Gasteiger partial charge in [-0.25, -0.2) is 0 Å². The molecule has 0 aliphatic rings. The predicted molar refractivity (Wildman–Crippen MR) is 125 cm³/mol. The summed E-state index contributed by atoms with van der Waals surface area (Å²) >= 11 is 0. The lowest BCUT2D eigenvalue weighted by Crippen LogP contribution is -2.19. The molecule has 0 spiro atoms. The third kappa shape index (κ3) is 5.24. The molecule has 0 saturated heterocycles. The van der Waals surface area contributed by atoms with Gasteiger partial charge in [-0.05, 0) is 66.4 Å². The van der Waals surface area contributed by atoms with Crippen LogP contribution in [0.5, 0.6) is 0 Å². The number of carbonyl (C=O) groups is 2. The topological polar surface area (TPSA) is 84.5 Å². The highest BCUT2D eigenvalue weighted by Crippen LogP contribution is 2.37. The predicted octanol–water partition coefficient (Wildman–Crippen LogP) is 6.91. The smallest absolute Gasteiger partial charge is 0.418 e. The van der Waals surface area contributed by atoms with Crippen molar-refractivity contribution < 1.29 is 31.6 Å². The van der Waals surface area contributed by atoms with Crippen molar-refractivity contribution in [1.29, 1.82) is 0 Å². The SMILES string of the molecule is Cc1cc2occ(CC(=O)Nc3ccc(NC(=O)c4ccco4)cc3C(F)(F)F)c2cc1C(C)C. The van der Waals surface area contributed by atoms with Gasteiger partial charge in [0.2, 0.25) is 5.91 Å². The first-order chi connectivity index (χ1) is 16.5. The van der Waals surface area contributed by atoms with Crippen molar-refractivity contribution in [3.05, 3.63) is 83.0 Å². The van der Waals surface area contributed by atoms with Crippen molar-refractivity contribution in [1.82, 2.24) is 0 Å². The second kappa shape index (κ2) is 9.32. The van der Waals surface area contributed by atoms with E-state index in [0.717, 1.165) is 28.6 Å². The Morgan fingerprint density at radius 1 is 1.03 bits per heavy atom. The summed E-state index contributed by atoms with van der Waals surface area (Å²) in [5.74, 6) is -1.10. The molecule has 0 aliphatic heterocycles. The van der Waals surface area contributed by atoms with Gasteiger partial charge in [-0.15, -0.1) is 0 Å². The molecule has 0 atom stereocenters. The molecule has 2 aromatic heterocycles. The highest BCUT2D eigenvalue weighted by atomic mass is 19.4. The number of anilines is 2. The number of nitrogens with one attached hydrogen (secondary N) is 2. The first-order valence-electron chi connectivity index (χ1n) is 10.9. The van der Waals surface area contributed by atoms with Crippen LogP contribution in [0.25, 0.3) is 11.0 Å². The average molecular weight is 484 g/mol. The van der Waals surface area contributed by atoms with Crippen molar-refractivity contribution in [3.8, 4) is 0 Å². The largest absolute Gasteiger partial charge is 0.464 e. The van der Waals surface area contributed by atoms with E-state index in [1.807, 2.05) is 19.1 Å². The zero-order chi connectivity index (χ0) is 25.3. The average Bonchev–Trinajstić information content (AvgIpc) is 3.44. The molecule has 2 heterocycles. The third-order valence-electron chi connectivity index (χ3n) is 5.62. The van der Waals surface area contributed by atoms with Gasteiger partial charge in [0.25, 0.3) is 5.91 Å². The van der Waals surface area contributed by atoms with Crippen LogP contribution >= 0.6 is 0 Å². The quantitative estimate of drug-likeness (QED) is 0.311. The molecule has 35 heavy (non-hydrogen) atoms. The van der Waals surface area contributed by atoms with E-state index in [9.17, 15) is 22.8 Å². The summed E-state index contributed by atoms with van der Waals surface area (Å²) < 4.78 is 51.7. The molecule has 4 aromatic rings. The molecule has 2 N–H and O–H groups in total. The molecule has 182 valence electrons. The monoisotopic (exact) mass is 484 g/mol. The van der Waals surface area contributed by atoms with Gasteiger partial charge in [-0.2, -0.15) is 13.2 Å². The zero-order valence-corrected chi connectivity index (χ0v) is 19.2. The summed E-state index contributed by atoms with van der Waals surface area (Å²) in [4.78, 5) is 24.8. The fourth-order valence-electron chi connectivity index (χ4n) is 3.94. The van der Waals surface area contributed by atoms with E-state index in [-0.39, 0.29) is 23.8 Å². The normalized spacial score (nSPS) is 11.7. The Morgan fingerprint density at radius 2 is 1.80 bits per heavy atom. The second-order valence-electron chi connectivity index (χ2n) is 8.54. The molecule has 0 radical (unpaired) electrons. The minimum absolute atomic E-state index is 0.0425. The summed E-state index contributed by atoms with van der Waals surface area (Å²) in [7, 11) is 0. The van der Waals surface area contributed by atoms with E-state index in [1.165, 1.54) is 30.7 Å². The maximum absolute atomic E-state index is 13.7. The lowest BCUT2D eigenvalue weighted by molar-refractivity contribution is -0.136. The molecule has 0 unspecified atom stereocenters. The molecule has 9 heteroatoms. The van der Waals surface area contributed by atoms with Crippen LogP contribution < -0.4 is 10.6 Å². The number of alkyl halides is 3. The minimum atomic E-state index is -4.76. The van der Waals surface area contributed by atoms with E-state index in [0.29, 0.717) is 11.1 Å². The number of hydrogen-bond acceptors (Lipinski definition) is 4. The number of amides is 2. The maximum atomic E-state index is 13.7. The Kier molecular flexibility index (Phi) is 6.43. The number of carbonyl (C=O) groups excluding carboxylic acids is 2. The summed E-state index contributed by atoms with van der Waals surface area (Å²) in [6.07, 6.45) is -2.20. The summed E-state index contributed by atoms with van der Waals surface area (Å²) in [6.45, 7) is 6.09. The van der Waals surface area contributed by atoms with Gasteiger partial charge >= 0.3 is 6.18 Å². The first kappa shape index (κ1) is 24.1. The van der Waals surface area contributed by atoms with Crippen LogP contribution in [-0.4, -0.2) is 11.8 Å². The van der Waals surface area contributed by atoms with Gasteiger partial charge in [0.15, 0.2) is 5.76 Å². The molecule has 0 aliphatic carbocycles. The lowest BCUT2D eigenvalue weighted by atomic mass is 9.95. The van der Waals surface area contributed by atoms with Gasteiger partial charge in [0.1, 0.15) is 5.58 Å². The summed E-state index contributed by atoms with van der Waals surface area (Å²) in [5, 5.41) is 5.45. The van der Waals surface area contributed by atoms with Crippen molar-refractivity contribution >= 4 is 34.2 Å². The van der Waals surface area contributed by atoms with E-state index >= 15 is 0 Å². The summed E-state index contributed by atoms with van der Waals surface area (Å²) in [5.41, 5.74) is 1.77. The molecule has 0 fully saturated rings. The van der Waals surface area contributed by atoms with E-state index in [1.54, 1.807) is 0 Å². The van der Waals surface area contributed by atoms with Crippen molar-refractivity contribution in [2.45, 2.75) is 39.3 Å². The Bertz CT molecular complexity index is 1390. The Morgan fingerprint density at radius 3 is 2.46 bits per heavy atom. The molecule has 2 aromatic carbocycles. The Balaban J connectivity index is 1.56. The van der Waals surface area contributed by atoms with E-state index in [4.69, 9.17) is 8.83 Å². The van der Waals surface area contributed by atoms with Crippen LogP contribution in [0.2, 0.25) is 0 Å². The molecule has 2 amide bonds. The van der Waals surface area contributed by atoms with Crippen LogP contribution in [0.1, 0.15) is 52.6 Å². The van der Waals surface area contributed by atoms with Crippen molar-refractivity contribution in [2.24, 2.45) is 0 Å². The minimum Gasteiger partial charge on any atom is -0.464 e. The first-order valence-corrected chi connectivity index (χ1v) is 10.9. The fraction of sp³-hybridized carbons (Fsp3) is 0.231. The highest BCUT2D eigenvalue weighted by Gasteiger charge is 2.34. The standard InChI is InChI=1S/C26H23F3N2O4/c1-14(2)18-12-19-16(13-35-23(19)9-15(18)3)10-24(32)31-21-7-6-17(11-20(21)26(27,28)29)30-25(33)22-5-4-8-34-22/h4-9,11-14H,10H2,1-3H3,(H,30,33)(H,31,32). The fourth-order valence-corrected chi connectivity index (χ4v) is 3.94. The van der Waals surface area contributed by atoms with Crippen LogP contribution in [0.15, 0.2) is 63.8 Å². The number of rotatable bonds is 6. The molecule has 4 rings (SSSR count). The Labute approximate surface area is 199 Å². The van der Waals surface area contributed by atoms with Crippen LogP contribution in [0, 0.1) is 6.92 Å². The molecular weight excluding hydrogens is 461 g/mol. The number of fused-ring (bicyclic) bond motifs is 1. The number of furan rings is 2. The highest BCUT2D eigenvalue weighted by molar-refractivity contribution is 6.02. The molecule has 0 bridgehead atoms. The number of halogens is 3. The molecular formula is C26H23F3N2O4. The van der Waals surface area contributed by atoms with Crippen molar-refractivity contribution in [2.75, 3.05) is 10.6 Å². The second-order valence-corrected chi connectivity index (χ2v) is 8.54. The number of hydrogen-bond donors (Lipinski definition) is 2. The zero-order valence-electron chi connectivity index (χ0n) is 19.2. The van der Waals surface area contributed by atoms with E-state index in [2.05, 4.69) is 24.5 Å². The van der Waals surface area contributed by atoms with Crippen LogP contribution in [0.3, 0.4) is 0 Å². The van der Waals surface area contributed by atoms with Crippen LogP contribution in [-0.2, 0) is 17.4 Å². The van der Waals surface area contributed by atoms with Gasteiger partial charge < -0.3 is 19.5 Å². The molecule has 6 nitrogen and oxygen atoms in total. The van der Waals surface area contributed by atoms with E-state index < -0.39 is 29.2 Å².